The lowest BCUT2D eigenvalue weighted by molar-refractivity contribution is 0.0694. The third kappa shape index (κ3) is 7.60. The van der Waals surface area contributed by atoms with Crippen molar-refractivity contribution in [1.29, 1.82) is 0 Å². The smallest absolute Gasteiger partial charge is 0.398 e. The summed E-state index contributed by atoms with van der Waals surface area (Å²) in [5.74, 6) is -2.78. The quantitative estimate of drug-likeness (QED) is 0.164. The Kier molecular flexibility index (Phi) is 9.70. The Hall–Kier alpha value is -4.65. The lowest BCUT2D eigenvalue weighted by Gasteiger charge is -2.13. The van der Waals surface area contributed by atoms with Gasteiger partial charge in [-0.05, 0) is 55.7 Å². The minimum Gasteiger partial charge on any atom is -0.495 e. The maximum Gasteiger partial charge on any atom is 0.398 e. The van der Waals surface area contributed by atoms with Gasteiger partial charge in [0, 0.05) is 12.1 Å². The third-order valence-corrected chi connectivity index (χ3v) is 8.10. The molecule has 0 aromatic heterocycles. The Labute approximate surface area is 244 Å². The molecule has 0 saturated heterocycles. The van der Waals surface area contributed by atoms with Gasteiger partial charge in [0.15, 0.2) is 11.3 Å². The summed E-state index contributed by atoms with van der Waals surface area (Å²) in [6.07, 6.45) is 0. The number of anilines is 2. The van der Waals surface area contributed by atoms with Gasteiger partial charge in [-0.25, -0.2) is 17.4 Å². The molecule has 230 valence electrons. The minimum atomic E-state index is -5.04. The summed E-state index contributed by atoms with van der Waals surface area (Å²) in [5.41, 5.74) is 4.27. The van der Waals surface area contributed by atoms with Crippen LogP contribution in [0.5, 0.6) is 11.5 Å². The Bertz CT molecular complexity index is 2050. The molecule has 4 N–H and O–H groups in total. The minimum absolute atomic E-state index is 0.0211. The highest BCUT2D eigenvalue weighted by Gasteiger charge is 2.23. The van der Waals surface area contributed by atoms with Crippen LogP contribution in [-0.2, 0) is 24.4 Å². The summed E-state index contributed by atoms with van der Waals surface area (Å²) in [6.45, 7) is 5.02. The highest BCUT2D eigenvalue weighted by Crippen LogP contribution is 2.31. The van der Waals surface area contributed by atoms with Crippen LogP contribution in [0.25, 0.3) is 0 Å². The summed E-state index contributed by atoms with van der Waals surface area (Å²) >= 11 is 0. The maximum atomic E-state index is 13.2. The second-order valence-electron chi connectivity index (χ2n) is 8.93. The van der Waals surface area contributed by atoms with Crippen molar-refractivity contribution < 1.29 is 44.9 Å². The number of rotatable bonds is 11. The zero-order valence-electron chi connectivity index (χ0n) is 23.3. The van der Waals surface area contributed by atoms with E-state index in [9.17, 15) is 36.3 Å². The summed E-state index contributed by atoms with van der Waals surface area (Å²) in [5, 5.41) is 16.0. The number of carboxylic acids is 1. The molecule has 0 amide bonds. The number of hydrogen-bond acceptors (Lipinski definition) is 14. The van der Waals surface area contributed by atoms with Crippen molar-refractivity contribution in [1.82, 2.24) is 0 Å². The van der Waals surface area contributed by atoms with Gasteiger partial charge in [0.25, 0.3) is 0 Å². The standard InChI is InChI=1S/C25H26N4O12S2/c1-12-6-16(19(39-4)8-13(12)2)26-28-22-15(25(32)33)9-18(30)23(24(22)31)29-27-17-7-14(3)21(10-20(17)40-5)42(34,35)11-41-43(36,37)38/h6-10,26-27H,11H2,1-5H3,(H,32,33)(H,36,37,38). The van der Waals surface area contributed by atoms with Crippen LogP contribution < -0.4 is 41.9 Å². The van der Waals surface area contributed by atoms with Gasteiger partial charge < -0.3 is 14.6 Å². The van der Waals surface area contributed by atoms with Crippen molar-refractivity contribution in [3.8, 4) is 11.5 Å². The Morgan fingerprint density at radius 2 is 1.33 bits per heavy atom. The molecule has 0 radical (unpaired) electrons. The number of carbonyl (C=O) groups is 1. The number of ether oxygens (including phenoxy) is 2. The van der Waals surface area contributed by atoms with Crippen LogP contribution >= 0.6 is 0 Å². The van der Waals surface area contributed by atoms with E-state index in [1.807, 2.05) is 13.8 Å². The van der Waals surface area contributed by atoms with E-state index in [0.29, 0.717) is 17.5 Å². The lowest BCUT2D eigenvalue weighted by Crippen LogP contribution is -2.50. The fourth-order valence-electron chi connectivity index (χ4n) is 3.72. The van der Waals surface area contributed by atoms with Crippen LogP contribution in [0.15, 0.2) is 55.0 Å². The number of nitrogens with zero attached hydrogens (tertiary/aromatic N) is 2. The highest BCUT2D eigenvalue weighted by molar-refractivity contribution is 7.92. The highest BCUT2D eigenvalue weighted by atomic mass is 32.3. The second-order valence-corrected chi connectivity index (χ2v) is 11.9. The van der Waals surface area contributed by atoms with Gasteiger partial charge in [-0.15, -0.1) is 0 Å². The number of aryl methyl sites for hydroxylation is 3. The van der Waals surface area contributed by atoms with Crippen molar-refractivity contribution in [2.45, 2.75) is 25.7 Å². The first-order chi connectivity index (χ1) is 20.0. The molecule has 3 aromatic carbocycles. The molecule has 3 aromatic rings. The monoisotopic (exact) mass is 638 g/mol. The number of methoxy groups -OCH3 is 2. The average molecular weight is 639 g/mol. The van der Waals surface area contributed by atoms with Crippen LogP contribution in [0.2, 0.25) is 0 Å². The Morgan fingerprint density at radius 3 is 1.86 bits per heavy atom. The number of hydrogen-bond donors (Lipinski definition) is 4. The summed E-state index contributed by atoms with van der Waals surface area (Å²) in [6, 6.07) is 6.27. The van der Waals surface area contributed by atoms with Crippen LogP contribution in [0, 0.1) is 20.8 Å². The topological polar surface area (TPSA) is 236 Å². The van der Waals surface area contributed by atoms with Gasteiger partial charge in [-0.1, -0.05) is 0 Å². The summed E-state index contributed by atoms with van der Waals surface area (Å²) in [4.78, 5) is 37.3. The molecular weight excluding hydrogens is 612 g/mol. The summed E-state index contributed by atoms with van der Waals surface area (Å²) in [7, 11) is -6.85. The van der Waals surface area contributed by atoms with Gasteiger partial charge in [0.05, 0.1) is 36.1 Å². The van der Waals surface area contributed by atoms with E-state index in [1.165, 1.54) is 27.2 Å². The fourth-order valence-corrected chi connectivity index (χ4v) is 5.68. The largest absolute Gasteiger partial charge is 0.495 e. The van der Waals surface area contributed by atoms with Gasteiger partial charge in [-0.2, -0.15) is 18.6 Å². The van der Waals surface area contributed by atoms with Crippen LogP contribution in [0.1, 0.15) is 27.0 Å². The number of carboxylic acid groups (broad SMARTS) is 1. The number of sulfone groups is 1. The van der Waals surface area contributed by atoms with Gasteiger partial charge in [0.2, 0.25) is 20.7 Å². The second kappa shape index (κ2) is 12.7. The van der Waals surface area contributed by atoms with Gasteiger partial charge >= 0.3 is 16.4 Å². The van der Waals surface area contributed by atoms with Crippen LogP contribution in [-0.4, -0.2) is 52.6 Å². The molecule has 0 saturated carbocycles. The first-order valence-electron chi connectivity index (χ1n) is 11.9. The Morgan fingerprint density at radius 1 is 0.814 bits per heavy atom. The van der Waals surface area contributed by atoms with E-state index >= 15 is 0 Å². The molecule has 0 aliphatic rings. The zero-order chi connectivity index (χ0) is 32.3. The van der Waals surface area contributed by atoms with E-state index in [0.717, 1.165) is 17.2 Å². The summed E-state index contributed by atoms with van der Waals surface area (Å²) < 4.78 is 69.9. The third-order valence-electron chi connectivity index (χ3n) is 6.00. The van der Waals surface area contributed by atoms with E-state index < -0.39 is 64.2 Å². The van der Waals surface area contributed by atoms with E-state index in [-0.39, 0.29) is 17.0 Å². The molecule has 16 nitrogen and oxygen atoms in total. The van der Waals surface area contributed by atoms with Crippen LogP contribution in [0.4, 0.5) is 11.4 Å². The normalized spacial score (nSPS) is 12.7. The van der Waals surface area contributed by atoms with Crippen molar-refractivity contribution >= 4 is 37.6 Å². The molecule has 0 aliphatic heterocycles. The maximum absolute atomic E-state index is 13.2. The SMILES string of the molecule is COc1cc(C)c(C)cc1NN=c1c(C(=O)O)cc(=O)c(=NNc2cc(C)c(S(=O)(=O)COS(=O)(=O)O)cc2OC)c1=O. The van der Waals surface area contributed by atoms with Crippen molar-refractivity contribution in [3.63, 3.8) is 0 Å². The molecule has 0 atom stereocenters. The Balaban J connectivity index is 2.12. The first kappa shape index (κ1) is 32.9. The predicted molar refractivity (Wildman–Crippen MR) is 152 cm³/mol. The van der Waals surface area contributed by atoms with Gasteiger partial charge in [-0.3, -0.25) is 25.0 Å². The molecular formula is C25H26N4O12S2. The fraction of sp³-hybridized carbons (Fsp3) is 0.240. The molecule has 43 heavy (non-hydrogen) atoms. The first-order valence-corrected chi connectivity index (χ1v) is 14.9. The molecule has 3 rings (SSSR count). The number of aromatic carboxylic acids is 1. The van der Waals surface area contributed by atoms with Crippen molar-refractivity contribution in [3.05, 3.63) is 83.7 Å². The van der Waals surface area contributed by atoms with E-state index in [2.05, 4.69) is 25.2 Å². The molecule has 0 spiro atoms. The van der Waals surface area contributed by atoms with Gasteiger partial charge in [0.1, 0.15) is 16.9 Å². The molecule has 0 fully saturated rings. The van der Waals surface area contributed by atoms with Crippen molar-refractivity contribution in [2.24, 2.45) is 10.2 Å². The molecule has 0 bridgehead atoms. The zero-order valence-corrected chi connectivity index (χ0v) is 24.9. The van der Waals surface area contributed by atoms with Crippen LogP contribution in [0.3, 0.4) is 0 Å². The molecule has 0 aliphatic carbocycles. The number of benzene rings is 3. The van der Waals surface area contributed by atoms with Crippen molar-refractivity contribution in [2.75, 3.05) is 31.0 Å². The van der Waals surface area contributed by atoms with E-state index in [4.69, 9.17) is 14.0 Å². The molecule has 18 heteroatoms. The lowest BCUT2D eigenvalue weighted by atomic mass is 10.1. The molecule has 0 unspecified atom stereocenters. The molecule has 0 heterocycles. The number of nitrogens with one attached hydrogen (secondary N) is 2. The predicted octanol–water partition coefficient (Wildman–Crippen LogP) is 0.329. The average Bonchev–Trinajstić information content (AvgIpc) is 2.92. The van der Waals surface area contributed by atoms with E-state index in [1.54, 1.807) is 12.1 Å².